The Kier molecular flexibility index (Phi) is 3.24. The first-order valence-corrected chi connectivity index (χ1v) is 7.12. The predicted molar refractivity (Wildman–Crippen MR) is 80.9 cm³/mol. The summed E-state index contributed by atoms with van der Waals surface area (Å²) in [5, 5.41) is 8.38. The topological polar surface area (TPSA) is 93.7 Å². The Morgan fingerprint density at radius 2 is 1.88 bits per heavy atom. The first-order chi connectivity index (χ1) is 11.9. The zero-order valence-corrected chi connectivity index (χ0v) is 12.5. The van der Waals surface area contributed by atoms with Gasteiger partial charge in [-0.2, -0.15) is 8.78 Å². The average molecular weight is 348 g/mol. The van der Waals surface area contributed by atoms with E-state index in [0.29, 0.717) is 28.4 Å². The zero-order valence-electron chi connectivity index (χ0n) is 12.5. The van der Waals surface area contributed by atoms with E-state index in [2.05, 4.69) is 14.7 Å². The molecule has 1 aliphatic heterocycles. The molecule has 0 bridgehead atoms. The van der Waals surface area contributed by atoms with Gasteiger partial charge in [-0.25, -0.2) is 9.78 Å². The van der Waals surface area contributed by atoms with Gasteiger partial charge in [-0.3, -0.25) is 0 Å². The summed E-state index contributed by atoms with van der Waals surface area (Å²) >= 11 is 0. The summed E-state index contributed by atoms with van der Waals surface area (Å²) in [7, 11) is 0. The highest BCUT2D eigenvalue weighted by atomic mass is 19.3. The number of carboxylic acid groups (broad SMARTS) is 1. The number of aromatic nitrogens is 2. The van der Waals surface area contributed by atoms with Crippen molar-refractivity contribution in [2.45, 2.75) is 6.11 Å². The summed E-state index contributed by atoms with van der Waals surface area (Å²) in [6.07, 6.45) is -4.29. The lowest BCUT2D eigenvalue weighted by Gasteiger charge is -2.13. The van der Waals surface area contributed by atoms with E-state index in [1.54, 1.807) is 12.1 Å². The van der Waals surface area contributed by atoms with Gasteiger partial charge in [0.1, 0.15) is 11.6 Å². The molecule has 1 aliphatic rings. The van der Waals surface area contributed by atoms with Gasteiger partial charge >= 0.3 is 12.1 Å². The van der Waals surface area contributed by atoms with Gasteiger partial charge in [0.05, 0.1) is 11.0 Å². The van der Waals surface area contributed by atoms with Crippen LogP contribution >= 0.6 is 0 Å². The van der Waals surface area contributed by atoms with Crippen molar-refractivity contribution >= 4 is 17.0 Å². The van der Waals surface area contributed by atoms with Gasteiger partial charge in [-0.15, -0.1) is 0 Å². The molecule has 2 heterocycles. The van der Waals surface area contributed by atoms with Crippen LogP contribution in [0, 0.1) is 0 Å². The normalized spacial score (nSPS) is 13.2. The van der Waals surface area contributed by atoms with Crippen molar-refractivity contribution in [1.82, 2.24) is 9.97 Å². The number of nitrogens with zero attached hydrogens (tertiary/aromatic N) is 1. The smallest absolute Gasteiger partial charge is 0.474 e. The Morgan fingerprint density at radius 1 is 1.20 bits per heavy atom. The van der Waals surface area contributed by atoms with E-state index in [9.17, 15) is 13.6 Å². The maximum Gasteiger partial charge on any atom is 0.501 e. The molecule has 0 aliphatic carbocycles. The van der Waals surface area contributed by atoms with Crippen LogP contribution < -0.4 is 14.2 Å². The molecule has 2 aromatic carbocycles. The van der Waals surface area contributed by atoms with Crippen molar-refractivity contribution in [2.24, 2.45) is 0 Å². The van der Waals surface area contributed by atoms with Crippen LogP contribution in [0.4, 0.5) is 8.78 Å². The largest absolute Gasteiger partial charge is 0.501 e. The van der Waals surface area contributed by atoms with Crippen LogP contribution in [0.5, 0.6) is 17.2 Å². The quantitative estimate of drug-likeness (QED) is 0.753. The fourth-order valence-electron chi connectivity index (χ4n) is 2.41. The molecule has 3 aromatic rings. The van der Waals surface area contributed by atoms with Crippen molar-refractivity contribution in [1.29, 1.82) is 0 Å². The molecule has 0 atom stereocenters. The number of imidazole rings is 1. The summed E-state index contributed by atoms with van der Waals surface area (Å²) in [5.74, 6) is -0.901. The number of hydrogen-bond donors (Lipinski definition) is 2. The number of fused-ring (bicyclic) bond motifs is 2. The van der Waals surface area contributed by atoms with Crippen LogP contribution in [0.2, 0.25) is 0 Å². The van der Waals surface area contributed by atoms with Gasteiger partial charge in [0.25, 0.3) is 0 Å². The minimum absolute atomic E-state index is 0.164. The zero-order chi connectivity index (χ0) is 17.6. The molecule has 7 nitrogen and oxygen atoms in total. The molecule has 4 rings (SSSR count). The summed E-state index contributed by atoms with van der Waals surface area (Å²) in [6.45, 7) is 0.164. The standard InChI is InChI=1S/C16H10F2N2O5/c17-16(18,15(21)22)25-9-3-1-8(2-4-9)14-19-10-5-12-13(24-7-23-12)6-11(10)20-14/h1-6H,7H2,(H,19,20)(H,21,22). The SMILES string of the molecule is O=C(O)C(F)(F)Oc1ccc(-c2nc3cc4c(cc3[nH]2)OCO4)cc1. The lowest BCUT2D eigenvalue weighted by atomic mass is 10.2. The highest BCUT2D eigenvalue weighted by molar-refractivity contribution is 5.83. The first kappa shape index (κ1) is 15.2. The minimum Gasteiger partial charge on any atom is -0.474 e. The van der Waals surface area contributed by atoms with E-state index < -0.39 is 12.1 Å². The Labute approximate surface area is 138 Å². The van der Waals surface area contributed by atoms with Crippen LogP contribution in [0.1, 0.15) is 0 Å². The van der Waals surface area contributed by atoms with Gasteiger partial charge < -0.3 is 24.3 Å². The van der Waals surface area contributed by atoms with Crippen molar-refractivity contribution < 1.29 is 32.9 Å². The van der Waals surface area contributed by atoms with E-state index in [1.807, 2.05) is 0 Å². The molecule has 0 fully saturated rings. The Balaban J connectivity index is 1.62. The predicted octanol–water partition coefficient (Wildman–Crippen LogP) is 3.01. The maximum atomic E-state index is 13.0. The number of carboxylic acids is 1. The number of aliphatic carboxylic acids is 1. The molecule has 0 amide bonds. The Morgan fingerprint density at radius 3 is 2.56 bits per heavy atom. The number of nitrogens with one attached hydrogen (secondary N) is 1. The van der Waals surface area contributed by atoms with E-state index >= 15 is 0 Å². The second-order valence-corrected chi connectivity index (χ2v) is 5.26. The molecular weight excluding hydrogens is 338 g/mol. The summed E-state index contributed by atoms with van der Waals surface area (Å²) < 4.78 is 40.9. The lowest BCUT2D eigenvalue weighted by molar-refractivity contribution is -0.210. The van der Waals surface area contributed by atoms with Crippen LogP contribution in [0.3, 0.4) is 0 Å². The third kappa shape index (κ3) is 2.69. The number of benzene rings is 2. The molecule has 0 spiro atoms. The van der Waals surface area contributed by atoms with Crippen LogP contribution in [0.15, 0.2) is 36.4 Å². The number of rotatable bonds is 4. The number of aromatic amines is 1. The summed E-state index contributed by atoms with van der Waals surface area (Å²) in [6, 6.07) is 8.97. The van der Waals surface area contributed by atoms with E-state index in [4.69, 9.17) is 14.6 Å². The van der Waals surface area contributed by atoms with Crippen molar-refractivity contribution in [3.8, 4) is 28.6 Å². The molecule has 0 radical (unpaired) electrons. The highest BCUT2D eigenvalue weighted by Gasteiger charge is 2.42. The van der Waals surface area contributed by atoms with Gasteiger partial charge in [-0.05, 0) is 24.3 Å². The minimum atomic E-state index is -4.29. The molecule has 0 saturated carbocycles. The molecule has 128 valence electrons. The Hall–Kier alpha value is -3.36. The molecule has 0 unspecified atom stereocenters. The molecule has 1 aromatic heterocycles. The third-order valence-electron chi connectivity index (χ3n) is 3.60. The molecular formula is C16H10F2N2O5. The molecule has 2 N–H and O–H groups in total. The fraction of sp³-hybridized carbons (Fsp3) is 0.125. The van der Waals surface area contributed by atoms with Crippen LogP contribution in [0.25, 0.3) is 22.4 Å². The third-order valence-corrected chi connectivity index (χ3v) is 3.60. The number of hydrogen-bond acceptors (Lipinski definition) is 5. The monoisotopic (exact) mass is 348 g/mol. The van der Waals surface area contributed by atoms with Gasteiger partial charge in [0.15, 0.2) is 11.5 Å². The van der Waals surface area contributed by atoms with Gasteiger partial charge in [0, 0.05) is 17.7 Å². The molecule has 25 heavy (non-hydrogen) atoms. The van der Waals surface area contributed by atoms with E-state index in [0.717, 1.165) is 5.52 Å². The highest BCUT2D eigenvalue weighted by Crippen LogP contribution is 2.36. The lowest BCUT2D eigenvalue weighted by Crippen LogP contribution is -2.34. The number of carbonyl (C=O) groups is 1. The summed E-state index contributed by atoms with van der Waals surface area (Å²) in [4.78, 5) is 17.9. The van der Waals surface area contributed by atoms with E-state index in [-0.39, 0.29) is 12.5 Å². The van der Waals surface area contributed by atoms with Crippen molar-refractivity contribution in [3.05, 3.63) is 36.4 Å². The first-order valence-electron chi connectivity index (χ1n) is 7.12. The second kappa shape index (κ2) is 5.33. The van der Waals surface area contributed by atoms with Crippen LogP contribution in [-0.4, -0.2) is 33.9 Å². The molecule has 9 heteroatoms. The number of ether oxygens (including phenoxy) is 3. The number of H-pyrrole nitrogens is 1. The number of halogens is 2. The van der Waals surface area contributed by atoms with E-state index in [1.165, 1.54) is 24.3 Å². The van der Waals surface area contributed by atoms with Crippen molar-refractivity contribution in [3.63, 3.8) is 0 Å². The number of alkyl halides is 2. The Bertz CT molecular complexity index is 928. The van der Waals surface area contributed by atoms with Crippen molar-refractivity contribution in [2.75, 3.05) is 6.79 Å². The maximum absolute atomic E-state index is 13.0. The summed E-state index contributed by atoms with van der Waals surface area (Å²) in [5.41, 5.74) is 2.01. The average Bonchev–Trinajstić information content (AvgIpc) is 3.18. The van der Waals surface area contributed by atoms with Crippen LogP contribution in [-0.2, 0) is 4.79 Å². The fourth-order valence-corrected chi connectivity index (χ4v) is 2.41. The second-order valence-electron chi connectivity index (χ2n) is 5.26. The molecule has 0 saturated heterocycles. The van der Waals surface area contributed by atoms with Gasteiger partial charge in [0.2, 0.25) is 6.79 Å². The van der Waals surface area contributed by atoms with Gasteiger partial charge in [-0.1, -0.05) is 0 Å².